The van der Waals surface area contributed by atoms with E-state index in [0.717, 1.165) is 26.9 Å². The van der Waals surface area contributed by atoms with Gasteiger partial charge in [0.25, 0.3) is 16.7 Å². The van der Waals surface area contributed by atoms with Crippen molar-refractivity contribution in [1.29, 1.82) is 0 Å². The van der Waals surface area contributed by atoms with Gasteiger partial charge in [0.2, 0.25) is 0 Å². The number of furan rings is 1. The molecular weight excluding hydrogens is 1290 g/mol. The number of hydrogen-bond donors (Lipinski definition) is 2. The normalized spacial score (nSPS) is 11.4. The van der Waals surface area contributed by atoms with E-state index >= 15 is 0 Å². The average molecular weight is 1410 g/mol. The quantitative estimate of drug-likeness (QED) is 0.149. The molecule has 14 aromatic rings. The highest BCUT2D eigenvalue weighted by Crippen LogP contribution is 2.35. The SMILES string of the molecule is CC.CC.CC.CC.CC.CC.CC.CC.CN1CCCC1.CN1CCCCC1.Cc1ccc2[nH]ccc2c1.Cc1cccc2c1oc1ccccc12.Cc1cccc2c1sc1ccccc12.Cn1cnc2[nH]ncc2c1=O.Cn1cnc2ccccc2c1=O.Cn1cnc2ccsc2c1=O. The first-order valence-corrected chi connectivity index (χ1v) is 38.2. The summed E-state index contributed by atoms with van der Waals surface area (Å²) in [6.45, 7) is 43.6. The van der Waals surface area contributed by atoms with Crippen LogP contribution in [-0.4, -0.2) is 93.9 Å². The number of likely N-dealkylation sites (tertiary alicyclic amines) is 2. The minimum Gasteiger partial charge on any atom is -0.456 e. The van der Waals surface area contributed by atoms with Gasteiger partial charge in [0.15, 0.2) is 5.65 Å². The number of aromatic nitrogens is 9. The average Bonchev–Trinajstić information content (AvgIpc) is 1.83. The van der Waals surface area contributed by atoms with Gasteiger partial charge in [0.05, 0.1) is 41.6 Å². The fourth-order valence-electron chi connectivity index (χ4n) is 9.88. The van der Waals surface area contributed by atoms with Gasteiger partial charge in [0, 0.05) is 63.8 Å². The van der Waals surface area contributed by atoms with Gasteiger partial charge in [-0.3, -0.25) is 19.5 Å². The van der Waals surface area contributed by atoms with E-state index in [2.05, 4.69) is 166 Å². The third-order valence-corrected chi connectivity index (χ3v) is 16.9. The Labute approximate surface area is 611 Å². The summed E-state index contributed by atoms with van der Waals surface area (Å²) >= 11 is 3.32. The molecule has 10 heterocycles. The lowest BCUT2D eigenvalue weighted by Gasteiger charge is -2.20. The van der Waals surface area contributed by atoms with Gasteiger partial charge >= 0.3 is 0 Å². The summed E-state index contributed by atoms with van der Waals surface area (Å²) in [6.07, 6.45) is 15.1. The molecule has 17 heteroatoms. The fraction of sp³-hybridized carbons (Fsp3) is 0.393. The molecule has 0 saturated carbocycles. The van der Waals surface area contributed by atoms with Gasteiger partial charge in [-0.2, -0.15) is 5.10 Å². The lowest BCUT2D eigenvalue weighted by molar-refractivity contribution is 0.277. The zero-order valence-corrected chi connectivity index (χ0v) is 67.2. The molecule has 6 aromatic carbocycles. The maximum absolute atomic E-state index is 11.5. The van der Waals surface area contributed by atoms with E-state index in [-0.39, 0.29) is 16.7 Å². The Morgan fingerprint density at radius 2 is 0.931 bits per heavy atom. The van der Waals surface area contributed by atoms with E-state index in [1.165, 1.54) is 167 Å². The Bertz CT molecular complexity index is 4450. The van der Waals surface area contributed by atoms with Crippen LogP contribution in [0.1, 0.15) is 160 Å². The number of fused-ring (bicyclic) bond motifs is 10. The van der Waals surface area contributed by atoms with Crippen LogP contribution in [0.5, 0.6) is 0 Å². The molecule has 0 bridgehead atoms. The number of piperidine rings is 1. The second-order valence-corrected chi connectivity index (χ2v) is 23.3. The maximum atomic E-state index is 11.5. The third kappa shape index (κ3) is 27.9. The van der Waals surface area contributed by atoms with Crippen molar-refractivity contribution < 1.29 is 4.42 Å². The Balaban J connectivity index is 0.000000566. The molecule has 0 radical (unpaired) electrons. The van der Waals surface area contributed by atoms with E-state index < -0.39 is 0 Å². The molecule has 2 aliphatic heterocycles. The lowest BCUT2D eigenvalue weighted by atomic mass is 10.1. The summed E-state index contributed by atoms with van der Waals surface area (Å²) < 4.78 is 13.7. The zero-order valence-electron chi connectivity index (χ0n) is 65.6. The van der Waals surface area contributed by atoms with E-state index in [4.69, 9.17) is 4.42 Å². The predicted octanol–water partition coefficient (Wildman–Crippen LogP) is 22.3. The Morgan fingerprint density at radius 1 is 0.436 bits per heavy atom. The van der Waals surface area contributed by atoms with E-state index in [1.54, 1.807) is 27.2 Å². The highest BCUT2D eigenvalue weighted by molar-refractivity contribution is 7.26. The van der Waals surface area contributed by atoms with Crippen molar-refractivity contribution in [2.45, 2.75) is 164 Å². The number of nitrogens with zero attached hydrogens (tertiary/aromatic N) is 9. The highest BCUT2D eigenvalue weighted by atomic mass is 32.1. The van der Waals surface area contributed by atoms with E-state index in [9.17, 15) is 14.4 Å². The predicted molar refractivity (Wildman–Crippen MR) is 445 cm³/mol. The smallest absolute Gasteiger partial charge is 0.271 e. The molecule has 0 unspecified atom stereocenters. The fourth-order valence-corrected chi connectivity index (χ4v) is 11.9. The molecule has 2 aliphatic rings. The number of hydrogen-bond acceptors (Lipinski definition) is 12. The lowest BCUT2D eigenvalue weighted by Crippen LogP contribution is -2.24. The monoisotopic (exact) mass is 1410 g/mol. The van der Waals surface area contributed by atoms with Crippen LogP contribution in [0.25, 0.3) is 85.2 Å². The number of rotatable bonds is 0. The molecule has 0 aliphatic carbocycles. The molecule has 0 atom stereocenters. The van der Waals surface area contributed by atoms with Crippen LogP contribution in [0, 0.1) is 20.8 Å². The van der Waals surface area contributed by atoms with Gasteiger partial charge in [-0.25, -0.2) is 15.0 Å². The van der Waals surface area contributed by atoms with Gasteiger partial charge in [-0.1, -0.05) is 214 Å². The zero-order chi connectivity index (χ0) is 75.8. The van der Waals surface area contributed by atoms with Crippen molar-refractivity contribution in [2.75, 3.05) is 40.3 Å². The topological polar surface area (TPSA) is 169 Å². The molecule has 8 aromatic heterocycles. The van der Waals surface area contributed by atoms with Crippen LogP contribution < -0.4 is 16.7 Å². The van der Waals surface area contributed by atoms with Crippen LogP contribution in [0.4, 0.5) is 0 Å². The molecule has 0 amide bonds. The Kier molecular flexibility index (Phi) is 46.6. The van der Waals surface area contributed by atoms with Crippen molar-refractivity contribution in [2.24, 2.45) is 21.1 Å². The van der Waals surface area contributed by atoms with Crippen molar-refractivity contribution in [3.05, 3.63) is 224 Å². The van der Waals surface area contributed by atoms with Gasteiger partial charge < -0.3 is 32.9 Å². The number of H-pyrrole nitrogens is 2. The number of aromatic amines is 2. The number of aryl methyl sites for hydroxylation is 6. The summed E-state index contributed by atoms with van der Waals surface area (Å²) in [7, 11) is 9.42. The second-order valence-electron chi connectivity index (χ2n) is 21.3. The highest BCUT2D eigenvalue weighted by Gasteiger charge is 2.09. The van der Waals surface area contributed by atoms with Crippen LogP contribution in [0.15, 0.2) is 195 Å². The molecule has 2 N–H and O–H groups in total. The summed E-state index contributed by atoms with van der Waals surface area (Å²) in [6, 6.07) is 47.2. The largest absolute Gasteiger partial charge is 0.456 e. The minimum atomic E-state index is -0.0799. The minimum absolute atomic E-state index is 0.000556. The molecule has 0 spiro atoms. The van der Waals surface area contributed by atoms with Gasteiger partial charge in [0.1, 0.15) is 21.3 Å². The second kappa shape index (κ2) is 52.2. The molecule has 2 saturated heterocycles. The Morgan fingerprint density at radius 3 is 1.52 bits per heavy atom. The summed E-state index contributed by atoms with van der Waals surface area (Å²) in [5.74, 6) is 0. The molecule has 548 valence electrons. The standard InChI is InChI=1S/C13H10O.C13H10S.C9H8N2O.C9H9N.C7H6N2OS.C6H6N4O.C6H13N.C5H11N.8C2H6/c2*1-9-5-4-7-11-10-6-2-3-8-12(10)14-13(9)11;1-11-6-10-8-5-3-2-4-7(8)9(11)12;1-7-2-3-9-8(6-7)4-5-10-9;1-9-4-8-5-2-3-11-6(5)7(9)10;1-10-3-7-5-4(6(10)11)2-8-9-5;1-7-5-3-2-4-6-7;1-6-4-2-3-5-6;8*1-2/h2*2-8H,1H3;2-6H,1H3;2-6,10H,1H3;2-4H,1H3;2-3H,1H3,(H,8,9);2-6H2,1H3;2-5H2,1H3;8*1-2H3. The first-order valence-electron chi connectivity index (χ1n) is 36.5. The first-order chi connectivity index (χ1) is 49.2. The van der Waals surface area contributed by atoms with Crippen LogP contribution in [0.2, 0.25) is 0 Å². The van der Waals surface area contributed by atoms with Crippen molar-refractivity contribution in [3.63, 3.8) is 0 Å². The number of nitrogens with one attached hydrogen (secondary N) is 2. The third-order valence-electron chi connectivity index (χ3n) is 14.7. The van der Waals surface area contributed by atoms with Crippen molar-refractivity contribution in [1.82, 2.24) is 53.6 Å². The van der Waals surface area contributed by atoms with E-state index in [1.807, 2.05) is 176 Å². The summed E-state index contributed by atoms with van der Waals surface area (Å²) in [4.78, 5) is 54.1. The van der Waals surface area contributed by atoms with Crippen LogP contribution in [-0.2, 0) is 21.1 Å². The maximum Gasteiger partial charge on any atom is 0.271 e. The van der Waals surface area contributed by atoms with Crippen LogP contribution >= 0.6 is 22.7 Å². The Hall–Kier alpha value is -8.87. The summed E-state index contributed by atoms with van der Waals surface area (Å²) in [5.41, 5.74) is 9.10. The first kappa shape index (κ1) is 90.1. The molecule has 2 fully saturated rings. The number of thiophene rings is 2. The molecule has 101 heavy (non-hydrogen) atoms. The molecule has 15 nitrogen and oxygen atoms in total. The molecule has 16 rings (SSSR count). The van der Waals surface area contributed by atoms with Gasteiger partial charge in [-0.05, 0) is 157 Å². The number of benzene rings is 6. The van der Waals surface area contributed by atoms with E-state index in [0.29, 0.717) is 16.4 Å². The van der Waals surface area contributed by atoms with Crippen LogP contribution in [0.3, 0.4) is 0 Å². The van der Waals surface area contributed by atoms with Crippen molar-refractivity contribution in [3.8, 4) is 0 Å². The molecular formula is C84H121N11O4S2. The number of para-hydroxylation sites is 3. The summed E-state index contributed by atoms with van der Waals surface area (Å²) in [5, 5.41) is 15.9. The van der Waals surface area contributed by atoms with Crippen molar-refractivity contribution >= 4 is 108 Å². The van der Waals surface area contributed by atoms with Gasteiger partial charge in [-0.15, -0.1) is 22.7 Å².